The molecule has 1 fully saturated rings. The van der Waals surface area contributed by atoms with Crippen molar-refractivity contribution in [2.45, 2.75) is 58.2 Å². The minimum absolute atomic E-state index is 0.259. The molecular weight excluding hydrogens is 388 g/mol. The number of fused-ring (bicyclic) bond motifs is 1. The number of nitrogens with one attached hydrogen (secondary N) is 1. The van der Waals surface area contributed by atoms with Gasteiger partial charge in [0.1, 0.15) is 6.04 Å². The van der Waals surface area contributed by atoms with Crippen molar-refractivity contribution in [2.24, 2.45) is 11.1 Å². The molecule has 9 nitrogen and oxygen atoms in total. The van der Waals surface area contributed by atoms with Crippen molar-refractivity contribution in [1.82, 2.24) is 14.5 Å². The van der Waals surface area contributed by atoms with Gasteiger partial charge < -0.3 is 20.9 Å². The van der Waals surface area contributed by atoms with Gasteiger partial charge in [-0.3, -0.25) is 9.36 Å². The SMILES string of the molecule is CC(C)(C)[C@H](NC(=O)n1c(=O)n(CCC2(O)CCOCC2)c2ccccc21)C(N)=O. The Morgan fingerprint density at radius 1 is 1.23 bits per heavy atom. The van der Waals surface area contributed by atoms with Gasteiger partial charge in [-0.1, -0.05) is 32.9 Å². The lowest BCUT2D eigenvalue weighted by Crippen LogP contribution is -2.54. The Morgan fingerprint density at radius 3 is 2.40 bits per heavy atom. The van der Waals surface area contributed by atoms with Gasteiger partial charge >= 0.3 is 11.7 Å². The normalized spacial score (nSPS) is 17.6. The number of aliphatic hydroxyl groups is 1. The number of primary amides is 1. The Balaban J connectivity index is 1.94. The zero-order valence-electron chi connectivity index (χ0n) is 17.7. The number of ether oxygens (including phenoxy) is 1. The van der Waals surface area contributed by atoms with Gasteiger partial charge in [0.05, 0.1) is 16.6 Å². The van der Waals surface area contributed by atoms with E-state index in [0.29, 0.717) is 43.5 Å². The summed E-state index contributed by atoms with van der Waals surface area (Å²) in [5.74, 6) is -0.672. The number of aryl methyl sites for hydroxylation is 1. The van der Waals surface area contributed by atoms with Crippen molar-refractivity contribution in [3.63, 3.8) is 0 Å². The van der Waals surface area contributed by atoms with E-state index in [2.05, 4.69) is 5.32 Å². The van der Waals surface area contributed by atoms with Gasteiger partial charge in [-0.2, -0.15) is 0 Å². The molecule has 2 amide bonds. The fourth-order valence-corrected chi connectivity index (χ4v) is 3.84. The second kappa shape index (κ2) is 8.23. The van der Waals surface area contributed by atoms with Crippen LogP contribution in [-0.2, 0) is 16.1 Å². The molecule has 1 atom stereocenters. The van der Waals surface area contributed by atoms with E-state index in [9.17, 15) is 19.5 Å². The lowest BCUT2D eigenvalue weighted by Gasteiger charge is -2.32. The summed E-state index contributed by atoms with van der Waals surface area (Å²) in [6.45, 7) is 6.57. The molecule has 2 aromatic rings. The first kappa shape index (κ1) is 22.0. The van der Waals surface area contributed by atoms with Gasteiger partial charge in [-0.25, -0.2) is 14.2 Å². The Labute approximate surface area is 174 Å². The summed E-state index contributed by atoms with van der Waals surface area (Å²) < 4.78 is 7.81. The van der Waals surface area contributed by atoms with Crippen LogP contribution in [0.15, 0.2) is 29.1 Å². The van der Waals surface area contributed by atoms with Gasteiger partial charge in [0, 0.05) is 19.8 Å². The van der Waals surface area contributed by atoms with Crippen molar-refractivity contribution < 1.29 is 19.4 Å². The molecule has 1 aliphatic rings. The molecule has 2 heterocycles. The number of nitrogens with two attached hydrogens (primary N) is 1. The molecule has 30 heavy (non-hydrogen) atoms. The van der Waals surface area contributed by atoms with Crippen LogP contribution in [0.25, 0.3) is 11.0 Å². The van der Waals surface area contributed by atoms with Gasteiger partial charge in [-0.15, -0.1) is 0 Å². The zero-order valence-corrected chi connectivity index (χ0v) is 17.7. The summed E-state index contributed by atoms with van der Waals surface area (Å²) in [6.07, 6.45) is 1.39. The van der Waals surface area contributed by atoms with Crippen LogP contribution in [0.2, 0.25) is 0 Å². The number of imidazole rings is 1. The number of hydrogen-bond acceptors (Lipinski definition) is 5. The van der Waals surface area contributed by atoms with E-state index >= 15 is 0 Å². The third-order valence-electron chi connectivity index (χ3n) is 5.68. The van der Waals surface area contributed by atoms with Crippen molar-refractivity contribution in [2.75, 3.05) is 13.2 Å². The van der Waals surface area contributed by atoms with Crippen LogP contribution in [0.3, 0.4) is 0 Å². The summed E-state index contributed by atoms with van der Waals surface area (Å²) in [4.78, 5) is 38.0. The first-order valence-corrected chi connectivity index (χ1v) is 10.1. The van der Waals surface area contributed by atoms with Crippen LogP contribution in [0.1, 0.15) is 40.0 Å². The van der Waals surface area contributed by atoms with Crippen molar-refractivity contribution >= 4 is 23.0 Å². The molecular formula is C21H30N4O5. The maximum Gasteiger partial charge on any atom is 0.337 e. The second-order valence-electron chi connectivity index (χ2n) is 9.00. The average molecular weight is 418 g/mol. The predicted octanol–water partition coefficient (Wildman–Crippen LogP) is 1.19. The van der Waals surface area contributed by atoms with Crippen LogP contribution < -0.4 is 16.7 Å². The van der Waals surface area contributed by atoms with Gasteiger partial charge in [0.2, 0.25) is 5.91 Å². The largest absolute Gasteiger partial charge is 0.390 e. The molecule has 0 saturated carbocycles. The maximum atomic E-state index is 13.2. The molecule has 1 saturated heterocycles. The highest BCUT2D eigenvalue weighted by Crippen LogP contribution is 2.25. The number of aromatic nitrogens is 2. The Hall–Kier alpha value is -2.65. The fraction of sp³-hybridized carbons (Fsp3) is 0.571. The molecule has 0 bridgehead atoms. The lowest BCUT2D eigenvalue weighted by molar-refractivity contribution is -0.122. The van der Waals surface area contributed by atoms with Crippen LogP contribution in [0.4, 0.5) is 4.79 Å². The molecule has 4 N–H and O–H groups in total. The topological polar surface area (TPSA) is 129 Å². The van der Waals surface area contributed by atoms with Gasteiger partial charge in [0.15, 0.2) is 0 Å². The van der Waals surface area contributed by atoms with E-state index < -0.39 is 34.7 Å². The van der Waals surface area contributed by atoms with Crippen LogP contribution in [0.5, 0.6) is 0 Å². The standard InChI is InChI=1S/C21H30N4O5/c1-20(2,3)16(17(22)26)23-18(27)25-15-7-5-4-6-14(15)24(19(25)28)11-8-21(29)9-12-30-13-10-21/h4-7,16,29H,8-13H2,1-3H3,(H2,22,26)(H,23,27)/t16-/m1/s1. The molecule has 1 aromatic carbocycles. The number of benzene rings is 1. The molecule has 0 radical (unpaired) electrons. The van der Waals surface area contributed by atoms with E-state index in [1.807, 2.05) is 0 Å². The Kier molecular flexibility index (Phi) is 6.05. The van der Waals surface area contributed by atoms with Crippen LogP contribution in [-0.4, -0.2) is 51.0 Å². The first-order valence-electron chi connectivity index (χ1n) is 10.1. The highest BCUT2D eigenvalue weighted by atomic mass is 16.5. The molecule has 3 rings (SSSR count). The van der Waals surface area contributed by atoms with E-state index in [1.54, 1.807) is 45.0 Å². The van der Waals surface area contributed by atoms with Gasteiger partial charge in [0.25, 0.3) is 0 Å². The van der Waals surface area contributed by atoms with Crippen molar-refractivity contribution in [1.29, 1.82) is 0 Å². The smallest absolute Gasteiger partial charge is 0.337 e. The fourth-order valence-electron chi connectivity index (χ4n) is 3.84. The molecule has 0 aliphatic carbocycles. The number of carbonyl (C=O) groups excluding carboxylic acids is 2. The molecule has 9 heteroatoms. The third-order valence-corrected chi connectivity index (χ3v) is 5.68. The maximum absolute atomic E-state index is 13.2. The van der Waals surface area contributed by atoms with E-state index in [1.165, 1.54) is 4.57 Å². The third kappa shape index (κ3) is 4.41. The summed E-state index contributed by atoms with van der Waals surface area (Å²) in [7, 11) is 0. The predicted molar refractivity (Wildman–Crippen MR) is 112 cm³/mol. The number of hydrogen-bond donors (Lipinski definition) is 3. The average Bonchev–Trinajstić information content (AvgIpc) is 2.95. The number of rotatable bonds is 5. The monoisotopic (exact) mass is 418 g/mol. The molecule has 0 spiro atoms. The zero-order chi connectivity index (χ0) is 22.1. The van der Waals surface area contributed by atoms with Crippen LogP contribution in [0, 0.1) is 5.41 Å². The van der Waals surface area contributed by atoms with E-state index in [-0.39, 0.29) is 6.54 Å². The lowest BCUT2D eigenvalue weighted by atomic mass is 9.86. The Morgan fingerprint density at radius 2 is 1.83 bits per heavy atom. The highest BCUT2D eigenvalue weighted by molar-refractivity contribution is 5.92. The molecule has 0 unspecified atom stereocenters. The summed E-state index contributed by atoms with van der Waals surface area (Å²) in [5, 5.41) is 13.4. The second-order valence-corrected chi connectivity index (χ2v) is 9.00. The van der Waals surface area contributed by atoms with Gasteiger partial charge in [-0.05, 0) is 36.8 Å². The van der Waals surface area contributed by atoms with E-state index in [4.69, 9.17) is 10.5 Å². The highest BCUT2D eigenvalue weighted by Gasteiger charge is 2.33. The summed E-state index contributed by atoms with van der Waals surface area (Å²) >= 11 is 0. The quantitative estimate of drug-likeness (QED) is 0.672. The van der Waals surface area contributed by atoms with E-state index in [0.717, 1.165) is 4.57 Å². The number of para-hydroxylation sites is 2. The number of amides is 2. The Bertz CT molecular complexity index is 995. The molecule has 1 aliphatic heterocycles. The first-order chi connectivity index (χ1) is 14.0. The molecule has 164 valence electrons. The number of nitrogens with zero attached hydrogens (tertiary/aromatic N) is 2. The minimum atomic E-state index is -0.943. The number of carbonyl (C=O) groups is 2. The summed E-state index contributed by atoms with van der Waals surface area (Å²) in [5.41, 5.74) is 4.44. The van der Waals surface area contributed by atoms with Crippen molar-refractivity contribution in [3.8, 4) is 0 Å². The van der Waals surface area contributed by atoms with Crippen molar-refractivity contribution in [3.05, 3.63) is 34.7 Å². The molecule has 1 aromatic heterocycles. The van der Waals surface area contributed by atoms with Crippen LogP contribution >= 0.6 is 0 Å². The summed E-state index contributed by atoms with van der Waals surface area (Å²) in [6, 6.07) is 5.29. The minimum Gasteiger partial charge on any atom is -0.390 e.